The van der Waals surface area contributed by atoms with Crippen molar-refractivity contribution in [1.82, 2.24) is 0 Å². The zero-order valence-electron chi connectivity index (χ0n) is 18.0. The summed E-state index contributed by atoms with van der Waals surface area (Å²) >= 11 is 0. The maximum Gasteiger partial charge on any atom is 0.573 e. The van der Waals surface area contributed by atoms with E-state index >= 15 is 0 Å². The minimum absolute atomic E-state index is 0.121. The molecule has 0 spiro atoms. The van der Waals surface area contributed by atoms with Crippen LogP contribution < -0.4 is 4.74 Å². The predicted octanol–water partition coefficient (Wildman–Crippen LogP) is 8.27. The third kappa shape index (κ3) is 5.42. The van der Waals surface area contributed by atoms with Crippen LogP contribution in [0.25, 0.3) is 0 Å². The number of halogens is 3. The number of rotatable bonds is 4. The van der Waals surface area contributed by atoms with Gasteiger partial charge in [0.1, 0.15) is 5.75 Å². The van der Waals surface area contributed by atoms with Gasteiger partial charge in [0, 0.05) is 0 Å². The molecule has 3 aliphatic carbocycles. The van der Waals surface area contributed by atoms with Crippen LogP contribution in [0, 0.1) is 29.6 Å². The average Bonchev–Trinajstić information content (AvgIpc) is 2.73. The van der Waals surface area contributed by atoms with Gasteiger partial charge in [0.25, 0.3) is 0 Å². The Labute approximate surface area is 179 Å². The van der Waals surface area contributed by atoms with E-state index in [1.807, 2.05) is 12.1 Å². The molecule has 4 atom stereocenters. The molecule has 0 amide bonds. The van der Waals surface area contributed by atoms with Crippen LogP contribution in [0.3, 0.4) is 0 Å². The normalized spacial score (nSPS) is 35.2. The largest absolute Gasteiger partial charge is 0.573 e. The Morgan fingerprint density at radius 2 is 1.33 bits per heavy atom. The minimum atomic E-state index is -4.62. The molecule has 3 saturated carbocycles. The van der Waals surface area contributed by atoms with E-state index in [1.54, 1.807) is 0 Å². The number of ether oxygens (including phenoxy) is 1. The molecule has 0 N–H and O–H groups in total. The summed E-state index contributed by atoms with van der Waals surface area (Å²) in [6, 6.07) is 6.60. The summed E-state index contributed by atoms with van der Waals surface area (Å²) in [5.74, 6) is 4.70. The Morgan fingerprint density at radius 1 is 0.767 bits per heavy atom. The number of alkyl halides is 3. The molecule has 0 radical (unpaired) electrons. The minimum Gasteiger partial charge on any atom is -0.406 e. The SMILES string of the molecule is C/C=C/C1CCC(C2CCC3CC(c4ccc(OC(F)(F)F)cc4)CCC3C2)CC1. The number of hydrogen-bond donors (Lipinski definition) is 0. The van der Waals surface area contributed by atoms with Gasteiger partial charge in [-0.3, -0.25) is 0 Å². The van der Waals surface area contributed by atoms with E-state index in [1.165, 1.54) is 81.9 Å². The molecular formula is C26H35F3O. The van der Waals surface area contributed by atoms with Gasteiger partial charge in [-0.05, 0) is 124 Å². The first-order valence-corrected chi connectivity index (χ1v) is 11.9. The molecule has 0 heterocycles. The van der Waals surface area contributed by atoms with E-state index in [2.05, 4.69) is 23.8 Å². The number of allylic oxidation sites excluding steroid dienone is 2. The van der Waals surface area contributed by atoms with E-state index in [4.69, 9.17) is 0 Å². The lowest BCUT2D eigenvalue weighted by Crippen LogP contribution is -2.34. The lowest BCUT2D eigenvalue weighted by molar-refractivity contribution is -0.274. The van der Waals surface area contributed by atoms with Crippen molar-refractivity contribution in [2.24, 2.45) is 29.6 Å². The zero-order valence-corrected chi connectivity index (χ0v) is 18.0. The quantitative estimate of drug-likeness (QED) is 0.445. The second-order valence-corrected chi connectivity index (χ2v) is 9.92. The van der Waals surface area contributed by atoms with Crippen molar-refractivity contribution in [1.29, 1.82) is 0 Å². The first-order chi connectivity index (χ1) is 14.4. The Kier molecular flexibility index (Phi) is 6.79. The van der Waals surface area contributed by atoms with Crippen LogP contribution in [0.4, 0.5) is 13.2 Å². The molecule has 166 valence electrons. The molecule has 0 aliphatic heterocycles. The van der Waals surface area contributed by atoms with Crippen LogP contribution in [0.5, 0.6) is 5.75 Å². The summed E-state index contributed by atoms with van der Waals surface area (Å²) in [5, 5.41) is 0. The molecule has 0 saturated heterocycles. The fourth-order valence-electron chi connectivity index (χ4n) is 6.68. The Balaban J connectivity index is 1.28. The average molecular weight is 421 g/mol. The van der Waals surface area contributed by atoms with Gasteiger partial charge in [-0.25, -0.2) is 0 Å². The van der Waals surface area contributed by atoms with Crippen LogP contribution in [0.1, 0.15) is 82.6 Å². The van der Waals surface area contributed by atoms with Gasteiger partial charge in [-0.1, -0.05) is 24.3 Å². The molecule has 30 heavy (non-hydrogen) atoms. The maximum atomic E-state index is 12.4. The van der Waals surface area contributed by atoms with Crippen molar-refractivity contribution in [2.75, 3.05) is 0 Å². The molecule has 4 unspecified atom stereocenters. The number of hydrogen-bond acceptors (Lipinski definition) is 1. The van der Waals surface area contributed by atoms with Crippen molar-refractivity contribution in [2.45, 2.75) is 83.4 Å². The molecule has 0 aromatic heterocycles. The van der Waals surface area contributed by atoms with E-state index < -0.39 is 6.36 Å². The fourth-order valence-corrected chi connectivity index (χ4v) is 6.68. The van der Waals surface area contributed by atoms with Crippen LogP contribution in [-0.2, 0) is 0 Å². The van der Waals surface area contributed by atoms with Gasteiger partial charge in [0.05, 0.1) is 0 Å². The molecule has 3 aliphatic rings. The highest BCUT2D eigenvalue weighted by molar-refractivity contribution is 5.30. The second kappa shape index (κ2) is 9.36. The first kappa shape index (κ1) is 21.8. The summed E-state index contributed by atoms with van der Waals surface area (Å²) in [7, 11) is 0. The lowest BCUT2D eigenvalue weighted by atomic mass is 9.60. The predicted molar refractivity (Wildman–Crippen MR) is 114 cm³/mol. The maximum absolute atomic E-state index is 12.4. The lowest BCUT2D eigenvalue weighted by Gasteiger charge is -2.45. The molecular weight excluding hydrogens is 385 g/mol. The van der Waals surface area contributed by atoms with E-state index in [0.29, 0.717) is 5.92 Å². The van der Waals surface area contributed by atoms with Crippen LogP contribution in [-0.4, -0.2) is 6.36 Å². The van der Waals surface area contributed by atoms with Crippen LogP contribution >= 0.6 is 0 Å². The van der Waals surface area contributed by atoms with E-state index in [-0.39, 0.29) is 5.75 Å². The highest BCUT2D eigenvalue weighted by Gasteiger charge is 2.39. The number of fused-ring (bicyclic) bond motifs is 1. The third-order valence-electron chi connectivity index (χ3n) is 8.19. The first-order valence-electron chi connectivity index (χ1n) is 11.9. The van der Waals surface area contributed by atoms with Crippen molar-refractivity contribution in [3.63, 3.8) is 0 Å². The monoisotopic (exact) mass is 420 g/mol. The summed E-state index contributed by atoms with van der Waals surface area (Å²) < 4.78 is 41.1. The molecule has 0 bridgehead atoms. The van der Waals surface area contributed by atoms with Crippen molar-refractivity contribution < 1.29 is 17.9 Å². The summed E-state index contributed by atoms with van der Waals surface area (Å²) in [6.45, 7) is 2.13. The molecule has 1 aromatic rings. The Morgan fingerprint density at radius 3 is 1.97 bits per heavy atom. The van der Waals surface area contributed by atoms with Crippen LogP contribution in [0.15, 0.2) is 36.4 Å². The van der Waals surface area contributed by atoms with Gasteiger partial charge < -0.3 is 4.74 Å². The Hall–Kier alpha value is -1.45. The molecule has 3 fully saturated rings. The van der Waals surface area contributed by atoms with E-state index in [0.717, 1.165) is 29.6 Å². The third-order valence-corrected chi connectivity index (χ3v) is 8.19. The van der Waals surface area contributed by atoms with Gasteiger partial charge in [-0.15, -0.1) is 13.2 Å². The van der Waals surface area contributed by atoms with Crippen molar-refractivity contribution >= 4 is 0 Å². The van der Waals surface area contributed by atoms with Gasteiger partial charge >= 0.3 is 6.36 Å². The van der Waals surface area contributed by atoms with Gasteiger partial charge in [0.15, 0.2) is 0 Å². The highest BCUT2D eigenvalue weighted by atomic mass is 19.4. The Bertz CT molecular complexity index is 700. The van der Waals surface area contributed by atoms with E-state index in [9.17, 15) is 13.2 Å². The van der Waals surface area contributed by atoms with Crippen LogP contribution in [0.2, 0.25) is 0 Å². The molecule has 4 heteroatoms. The van der Waals surface area contributed by atoms with Crippen molar-refractivity contribution in [3.8, 4) is 5.75 Å². The van der Waals surface area contributed by atoms with Crippen molar-refractivity contribution in [3.05, 3.63) is 42.0 Å². The molecule has 4 rings (SSSR count). The number of benzene rings is 1. The fraction of sp³-hybridized carbons (Fsp3) is 0.692. The second-order valence-electron chi connectivity index (χ2n) is 9.92. The zero-order chi connectivity index (χ0) is 21.1. The van der Waals surface area contributed by atoms with Gasteiger partial charge in [0.2, 0.25) is 0 Å². The topological polar surface area (TPSA) is 9.23 Å². The molecule has 1 aromatic carbocycles. The summed E-state index contributed by atoms with van der Waals surface area (Å²) in [5.41, 5.74) is 1.17. The van der Waals surface area contributed by atoms with Gasteiger partial charge in [-0.2, -0.15) is 0 Å². The standard InChI is InChI=1S/C26H35F3O/c1-2-3-18-4-6-19(7-5-18)21-8-10-24-17-22(9-11-23(24)16-21)20-12-14-25(15-13-20)30-26(27,28)29/h2-3,12-15,18-19,21-24H,4-11,16-17H2,1H3/b3-2+. The smallest absolute Gasteiger partial charge is 0.406 e. The summed E-state index contributed by atoms with van der Waals surface area (Å²) in [4.78, 5) is 0. The molecule has 1 nitrogen and oxygen atoms in total. The highest BCUT2D eigenvalue weighted by Crippen LogP contribution is 2.51. The summed E-state index contributed by atoms with van der Waals surface area (Å²) in [6.07, 6.45) is 13.3.